The van der Waals surface area contributed by atoms with Gasteiger partial charge in [0.2, 0.25) is 5.91 Å². The van der Waals surface area contributed by atoms with Crippen LogP contribution in [0.25, 0.3) is 11.0 Å². The summed E-state index contributed by atoms with van der Waals surface area (Å²) in [5.41, 5.74) is 4.81. The van der Waals surface area contributed by atoms with Crippen molar-refractivity contribution in [2.75, 3.05) is 6.54 Å². The normalized spacial score (nSPS) is 11.0. The molecule has 0 bridgehead atoms. The number of para-hydroxylation sites is 2. The lowest BCUT2D eigenvalue weighted by Crippen LogP contribution is -2.24. The summed E-state index contributed by atoms with van der Waals surface area (Å²) in [6.07, 6.45) is 3.24. The van der Waals surface area contributed by atoms with Gasteiger partial charge in [0.1, 0.15) is 5.82 Å². The van der Waals surface area contributed by atoms with E-state index in [1.54, 1.807) is 0 Å². The first-order valence-corrected chi connectivity index (χ1v) is 9.44. The summed E-state index contributed by atoms with van der Waals surface area (Å²) in [6, 6.07) is 16.8. The SMILES string of the molecule is CCCC(=O)NCCCc1nc2ccccc2n1Cc1ccccc1C. The Labute approximate surface area is 155 Å². The molecule has 3 rings (SSSR count). The van der Waals surface area contributed by atoms with Gasteiger partial charge in [-0.25, -0.2) is 4.98 Å². The average molecular weight is 349 g/mol. The van der Waals surface area contributed by atoms with E-state index in [1.807, 2.05) is 13.0 Å². The zero-order chi connectivity index (χ0) is 18.4. The van der Waals surface area contributed by atoms with Crippen molar-refractivity contribution in [3.63, 3.8) is 0 Å². The predicted octanol–water partition coefficient (Wildman–Crippen LogP) is 4.24. The number of imidazole rings is 1. The Morgan fingerprint density at radius 3 is 2.69 bits per heavy atom. The number of hydrogen-bond donors (Lipinski definition) is 1. The van der Waals surface area contributed by atoms with Gasteiger partial charge in [-0.05, 0) is 43.0 Å². The van der Waals surface area contributed by atoms with Gasteiger partial charge in [0, 0.05) is 25.9 Å². The number of carbonyl (C=O) groups is 1. The van der Waals surface area contributed by atoms with Crippen LogP contribution in [-0.4, -0.2) is 22.0 Å². The van der Waals surface area contributed by atoms with Gasteiger partial charge < -0.3 is 9.88 Å². The molecule has 0 aliphatic rings. The molecule has 0 fully saturated rings. The van der Waals surface area contributed by atoms with Crippen molar-refractivity contribution in [2.45, 2.75) is 46.1 Å². The Bertz CT molecular complexity index is 882. The van der Waals surface area contributed by atoms with Crippen molar-refractivity contribution in [3.05, 3.63) is 65.5 Å². The molecule has 0 saturated heterocycles. The van der Waals surface area contributed by atoms with Crippen LogP contribution >= 0.6 is 0 Å². The first-order chi connectivity index (χ1) is 12.7. The topological polar surface area (TPSA) is 46.9 Å². The van der Waals surface area contributed by atoms with Crippen molar-refractivity contribution in [1.29, 1.82) is 0 Å². The summed E-state index contributed by atoms with van der Waals surface area (Å²) in [6.45, 7) is 5.70. The number of nitrogens with zero attached hydrogens (tertiary/aromatic N) is 2. The lowest BCUT2D eigenvalue weighted by molar-refractivity contribution is -0.121. The molecule has 0 unspecified atom stereocenters. The number of nitrogens with one attached hydrogen (secondary N) is 1. The summed E-state index contributed by atoms with van der Waals surface area (Å²) in [4.78, 5) is 16.5. The molecule has 1 amide bonds. The molecule has 26 heavy (non-hydrogen) atoms. The molecule has 0 radical (unpaired) electrons. The first-order valence-electron chi connectivity index (χ1n) is 9.44. The summed E-state index contributed by atoms with van der Waals surface area (Å²) in [7, 11) is 0. The standard InChI is InChI=1S/C22H27N3O/c1-3-9-22(26)23-15-8-14-21-24-19-12-6-7-13-20(19)25(21)16-18-11-5-4-10-17(18)2/h4-7,10-13H,3,8-9,14-16H2,1-2H3,(H,23,26). The van der Waals surface area contributed by atoms with E-state index in [0.717, 1.165) is 37.1 Å². The lowest BCUT2D eigenvalue weighted by atomic mass is 10.1. The van der Waals surface area contributed by atoms with Crippen molar-refractivity contribution >= 4 is 16.9 Å². The summed E-state index contributed by atoms with van der Waals surface area (Å²) >= 11 is 0. The maximum Gasteiger partial charge on any atom is 0.219 e. The molecule has 1 heterocycles. The number of carbonyl (C=O) groups excluding carboxylic acids is 1. The van der Waals surface area contributed by atoms with E-state index < -0.39 is 0 Å². The van der Waals surface area contributed by atoms with Crippen LogP contribution in [0.4, 0.5) is 0 Å². The molecule has 4 heteroatoms. The molecule has 136 valence electrons. The molecular weight excluding hydrogens is 322 g/mol. The zero-order valence-corrected chi connectivity index (χ0v) is 15.7. The molecular formula is C22H27N3O. The minimum Gasteiger partial charge on any atom is -0.356 e. The van der Waals surface area contributed by atoms with Crippen LogP contribution < -0.4 is 5.32 Å². The van der Waals surface area contributed by atoms with Crippen LogP contribution in [0.3, 0.4) is 0 Å². The number of aryl methyl sites for hydroxylation is 2. The van der Waals surface area contributed by atoms with Gasteiger partial charge in [0.15, 0.2) is 0 Å². The highest BCUT2D eigenvalue weighted by Crippen LogP contribution is 2.20. The molecule has 0 aliphatic heterocycles. The highest BCUT2D eigenvalue weighted by Gasteiger charge is 2.11. The van der Waals surface area contributed by atoms with Crippen molar-refractivity contribution in [1.82, 2.24) is 14.9 Å². The molecule has 1 N–H and O–H groups in total. The number of fused-ring (bicyclic) bond motifs is 1. The van der Waals surface area contributed by atoms with Gasteiger partial charge >= 0.3 is 0 Å². The summed E-state index contributed by atoms with van der Waals surface area (Å²) in [5.74, 6) is 1.22. The monoisotopic (exact) mass is 349 g/mol. The van der Waals surface area contributed by atoms with Crippen LogP contribution in [0.5, 0.6) is 0 Å². The zero-order valence-electron chi connectivity index (χ0n) is 15.7. The fraction of sp³-hybridized carbons (Fsp3) is 0.364. The highest BCUT2D eigenvalue weighted by atomic mass is 16.1. The number of rotatable bonds is 8. The van der Waals surface area contributed by atoms with Gasteiger partial charge in [0.05, 0.1) is 11.0 Å². The van der Waals surface area contributed by atoms with Gasteiger partial charge in [-0.15, -0.1) is 0 Å². The third kappa shape index (κ3) is 4.31. The maximum atomic E-state index is 11.6. The number of hydrogen-bond acceptors (Lipinski definition) is 2. The van der Waals surface area contributed by atoms with E-state index in [1.165, 1.54) is 16.6 Å². The van der Waals surface area contributed by atoms with E-state index in [-0.39, 0.29) is 5.91 Å². The summed E-state index contributed by atoms with van der Waals surface area (Å²) in [5, 5.41) is 2.99. The number of benzene rings is 2. The second-order valence-electron chi connectivity index (χ2n) is 6.73. The predicted molar refractivity (Wildman–Crippen MR) is 106 cm³/mol. The summed E-state index contributed by atoms with van der Waals surface area (Å²) < 4.78 is 2.31. The van der Waals surface area contributed by atoms with Crippen LogP contribution in [0.15, 0.2) is 48.5 Å². The number of amides is 1. The largest absolute Gasteiger partial charge is 0.356 e. The van der Waals surface area contributed by atoms with Crippen LogP contribution in [0, 0.1) is 6.92 Å². The molecule has 2 aromatic carbocycles. The fourth-order valence-corrected chi connectivity index (χ4v) is 3.24. The molecule has 0 saturated carbocycles. The Hall–Kier alpha value is -2.62. The van der Waals surface area contributed by atoms with E-state index in [9.17, 15) is 4.79 Å². The van der Waals surface area contributed by atoms with E-state index in [2.05, 4.69) is 59.3 Å². The van der Waals surface area contributed by atoms with Crippen molar-refractivity contribution in [2.24, 2.45) is 0 Å². The Balaban J connectivity index is 1.77. The van der Waals surface area contributed by atoms with E-state index in [4.69, 9.17) is 4.98 Å². The minimum atomic E-state index is 0.140. The Morgan fingerprint density at radius 1 is 1.12 bits per heavy atom. The van der Waals surface area contributed by atoms with Gasteiger partial charge in [-0.2, -0.15) is 0 Å². The fourth-order valence-electron chi connectivity index (χ4n) is 3.24. The second kappa shape index (κ2) is 8.65. The van der Waals surface area contributed by atoms with Crippen LogP contribution in [0.2, 0.25) is 0 Å². The Morgan fingerprint density at radius 2 is 1.88 bits per heavy atom. The quantitative estimate of drug-likeness (QED) is 0.618. The van der Waals surface area contributed by atoms with Crippen LogP contribution in [0.1, 0.15) is 43.1 Å². The van der Waals surface area contributed by atoms with Crippen molar-refractivity contribution < 1.29 is 4.79 Å². The first kappa shape index (κ1) is 18.2. The average Bonchev–Trinajstić information content (AvgIpc) is 2.98. The van der Waals surface area contributed by atoms with E-state index >= 15 is 0 Å². The molecule has 4 nitrogen and oxygen atoms in total. The molecule has 0 atom stereocenters. The van der Waals surface area contributed by atoms with Gasteiger partial charge in [-0.1, -0.05) is 43.3 Å². The highest BCUT2D eigenvalue weighted by molar-refractivity contribution is 5.76. The minimum absolute atomic E-state index is 0.140. The van der Waals surface area contributed by atoms with E-state index in [0.29, 0.717) is 13.0 Å². The second-order valence-corrected chi connectivity index (χ2v) is 6.73. The lowest BCUT2D eigenvalue weighted by Gasteiger charge is -2.12. The van der Waals surface area contributed by atoms with Crippen molar-refractivity contribution in [3.8, 4) is 0 Å². The Kier molecular flexibility index (Phi) is 6.05. The maximum absolute atomic E-state index is 11.6. The molecule has 1 aromatic heterocycles. The van der Waals surface area contributed by atoms with Gasteiger partial charge in [-0.3, -0.25) is 4.79 Å². The molecule has 0 aliphatic carbocycles. The third-order valence-electron chi connectivity index (χ3n) is 4.70. The third-order valence-corrected chi connectivity index (χ3v) is 4.70. The van der Waals surface area contributed by atoms with Crippen LogP contribution in [-0.2, 0) is 17.8 Å². The molecule has 3 aromatic rings. The smallest absolute Gasteiger partial charge is 0.219 e. The number of aromatic nitrogens is 2. The molecule has 0 spiro atoms. The van der Waals surface area contributed by atoms with Gasteiger partial charge in [0.25, 0.3) is 0 Å².